The molecule has 1 aromatic carbocycles. The third-order valence-corrected chi connectivity index (χ3v) is 4.27. The summed E-state index contributed by atoms with van der Waals surface area (Å²) >= 11 is 1.71. The van der Waals surface area contributed by atoms with E-state index in [1.807, 2.05) is 18.4 Å². The highest BCUT2D eigenvalue weighted by Crippen LogP contribution is 2.49. The van der Waals surface area contributed by atoms with E-state index in [1.54, 1.807) is 11.8 Å². The summed E-state index contributed by atoms with van der Waals surface area (Å²) in [7, 11) is 0. The molecule has 1 aliphatic carbocycles. The molecule has 1 saturated carbocycles. The van der Waals surface area contributed by atoms with Gasteiger partial charge in [0.05, 0.1) is 6.42 Å². The standard InChI is InChI=1S/C13H16O2S/c1-16-11-6-3-2-5-10(11)13(7-4-8-13)9-12(14)15/h2-3,5-6H,4,7-9H2,1H3,(H,14,15). The number of aliphatic carboxylic acids is 1. The first kappa shape index (κ1) is 11.5. The van der Waals surface area contributed by atoms with Crippen LogP contribution in [0.25, 0.3) is 0 Å². The Morgan fingerprint density at radius 1 is 1.44 bits per heavy atom. The minimum atomic E-state index is -0.685. The summed E-state index contributed by atoms with van der Waals surface area (Å²) in [6.07, 6.45) is 5.49. The summed E-state index contributed by atoms with van der Waals surface area (Å²) < 4.78 is 0. The van der Waals surface area contributed by atoms with Crippen molar-refractivity contribution in [1.29, 1.82) is 0 Å². The van der Waals surface area contributed by atoms with Crippen LogP contribution in [-0.4, -0.2) is 17.3 Å². The van der Waals surface area contributed by atoms with Crippen LogP contribution in [0.3, 0.4) is 0 Å². The second-order valence-corrected chi connectivity index (χ2v) is 5.25. The largest absolute Gasteiger partial charge is 0.481 e. The minimum absolute atomic E-state index is 0.0918. The third-order valence-electron chi connectivity index (χ3n) is 3.48. The van der Waals surface area contributed by atoms with Crippen LogP contribution >= 0.6 is 11.8 Å². The normalized spacial score (nSPS) is 17.8. The predicted molar refractivity (Wildman–Crippen MR) is 66.0 cm³/mol. The van der Waals surface area contributed by atoms with Gasteiger partial charge in [0.15, 0.2) is 0 Å². The molecule has 3 heteroatoms. The van der Waals surface area contributed by atoms with Crippen LogP contribution in [0.5, 0.6) is 0 Å². The molecular formula is C13H16O2S. The SMILES string of the molecule is CSc1ccccc1C1(CC(=O)O)CCC1. The molecule has 2 nitrogen and oxygen atoms in total. The number of hydrogen-bond donors (Lipinski definition) is 1. The molecular weight excluding hydrogens is 220 g/mol. The molecule has 1 N–H and O–H groups in total. The number of carbonyl (C=O) groups is 1. The van der Waals surface area contributed by atoms with Gasteiger partial charge in [0.2, 0.25) is 0 Å². The number of thioether (sulfide) groups is 1. The zero-order valence-corrected chi connectivity index (χ0v) is 10.2. The molecule has 2 rings (SSSR count). The number of carboxylic acid groups (broad SMARTS) is 1. The Bertz CT molecular complexity index is 397. The smallest absolute Gasteiger partial charge is 0.304 e. The molecule has 0 amide bonds. The average molecular weight is 236 g/mol. The van der Waals surface area contributed by atoms with Crippen molar-refractivity contribution in [2.24, 2.45) is 0 Å². The molecule has 0 saturated heterocycles. The zero-order valence-electron chi connectivity index (χ0n) is 9.40. The van der Waals surface area contributed by atoms with Gasteiger partial charge in [0.1, 0.15) is 0 Å². The highest BCUT2D eigenvalue weighted by atomic mass is 32.2. The molecule has 0 spiro atoms. The van der Waals surface area contributed by atoms with Gasteiger partial charge in [-0.1, -0.05) is 24.6 Å². The minimum Gasteiger partial charge on any atom is -0.481 e. The van der Waals surface area contributed by atoms with Gasteiger partial charge in [-0.25, -0.2) is 0 Å². The lowest BCUT2D eigenvalue weighted by Crippen LogP contribution is -2.37. The number of hydrogen-bond acceptors (Lipinski definition) is 2. The van der Waals surface area contributed by atoms with E-state index in [0.29, 0.717) is 0 Å². The maximum absolute atomic E-state index is 11.0. The van der Waals surface area contributed by atoms with Gasteiger partial charge >= 0.3 is 5.97 Å². The highest BCUT2D eigenvalue weighted by Gasteiger charge is 2.41. The van der Waals surface area contributed by atoms with Crippen molar-refractivity contribution in [3.05, 3.63) is 29.8 Å². The Labute approximate surface area is 100 Å². The van der Waals surface area contributed by atoms with Crippen molar-refractivity contribution >= 4 is 17.7 Å². The van der Waals surface area contributed by atoms with E-state index in [9.17, 15) is 4.79 Å². The van der Waals surface area contributed by atoms with E-state index >= 15 is 0 Å². The summed E-state index contributed by atoms with van der Waals surface area (Å²) in [5.74, 6) is -0.685. The molecule has 86 valence electrons. The molecule has 16 heavy (non-hydrogen) atoms. The predicted octanol–water partition coefficient (Wildman–Crippen LogP) is 3.30. The van der Waals surface area contributed by atoms with E-state index in [0.717, 1.165) is 19.3 Å². The highest BCUT2D eigenvalue weighted by molar-refractivity contribution is 7.98. The Hall–Kier alpha value is -0.960. The molecule has 0 radical (unpaired) electrons. The first-order chi connectivity index (χ1) is 7.68. The lowest BCUT2D eigenvalue weighted by atomic mass is 9.62. The van der Waals surface area contributed by atoms with E-state index < -0.39 is 5.97 Å². The van der Waals surface area contributed by atoms with Crippen LogP contribution in [-0.2, 0) is 10.2 Å². The van der Waals surface area contributed by atoms with Crippen molar-refractivity contribution in [3.63, 3.8) is 0 Å². The van der Waals surface area contributed by atoms with Crippen molar-refractivity contribution in [2.75, 3.05) is 6.26 Å². The Morgan fingerprint density at radius 2 is 2.12 bits per heavy atom. The molecule has 1 fully saturated rings. The summed E-state index contributed by atoms with van der Waals surface area (Å²) in [6, 6.07) is 8.20. The van der Waals surface area contributed by atoms with Crippen LogP contribution in [0.15, 0.2) is 29.2 Å². The van der Waals surface area contributed by atoms with E-state index in [1.165, 1.54) is 10.5 Å². The first-order valence-corrected chi connectivity index (χ1v) is 6.76. The van der Waals surface area contributed by atoms with Gasteiger partial charge < -0.3 is 5.11 Å². The van der Waals surface area contributed by atoms with E-state index in [2.05, 4.69) is 12.1 Å². The number of rotatable bonds is 4. The quantitative estimate of drug-likeness (QED) is 0.815. The van der Waals surface area contributed by atoms with Crippen LogP contribution in [0.1, 0.15) is 31.2 Å². The third kappa shape index (κ3) is 1.96. The molecule has 0 aromatic heterocycles. The molecule has 0 aliphatic heterocycles. The summed E-state index contributed by atoms with van der Waals surface area (Å²) in [6.45, 7) is 0. The first-order valence-electron chi connectivity index (χ1n) is 5.53. The van der Waals surface area contributed by atoms with Crippen LogP contribution in [0.2, 0.25) is 0 Å². The second-order valence-electron chi connectivity index (χ2n) is 4.40. The Kier molecular flexibility index (Phi) is 3.24. The number of carboxylic acids is 1. The topological polar surface area (TPSA) is 37.3 Å². The average Bonchev–Trinajstić information content (AvgIpc) is 2.23. The van der Waals surface area contributed by atoms with Gasteiger partial charge in [-0.15, -0.1) is 11.8 Å². The molecule has 0 atom stereocenters. The van der Waals surface area contributed by atoms with Crippen LogP contribution in [0, 0.1) is 0 Å². The fourth-order valence-electron chi connectivity index (χ4n) is 2.52. The summed E-state index contributed by atoms with van der Waals surface area (Å²) in [4.78, 5) is 12.2. The maximum atomic E-state index is 11.0. The van der Waals surface area contributed by atoms with Crippen LogP contribution < -0.4 is 0 Å². The number of benzene rings is 1. The lowest BCUT2D eigenvalue weighted by Gasteiger charge is -2.42. The van der Waals surface area contributed by atoms with Gasteiger partial charge in [-0.05, 0) is 30.7 Å². The summed E-state index contributed by atoms with van der Waals surface area (Å²) in [5, 5.41) is 9.03. The van der Waals surface area contributed by atoms with Gasteiger partial charge in [0, 0.05) is 10.3 Å². The van der Waals surface area contributed by atoms with Gasteiger partial charge in [0.25, 0.3) is 0 Å². The summed E-state index contributed by atoms with van der Waals surface area (Å²) in [5.41, 5.74) is 1.14. The van der Waals surface area contributed by atoms with Crippen LogP contribution in [0.4, 0.5) is 0 Å². The van der Waals surface area contributed by atoms with Gasteiger partial charge in [-0.2, -0.15) is 0 Å². The molecule has 0 bridgehead atoms. The lowest BCUT2D eigenvalue weighted by molar-refractivity contribution is -0.139. The van der Waals surface area contributed by atoms with Crippen molar-refractivity contribution < 1.29 is 9.90 Å². The zero-order chi connectivity index (χ0) is 11.6. The molecule has 0 unspecified atom stereocenters. The second kappa shape index (κ2) is 4.50. The molecule has 1 aromatic rings. The van der Waals surface area contributed by atoms with Crippen molar-refractivity contribution in [1.82, 2.24) is 0 Å². The Balaban J connectivity index is 2.36. The van der Waals surface area contributed by atoms with E-state index in [-0.39, 0.29) is 11.8 Å². The fourth-order valence-corrected chi connectivity index (χ4v) is 3.24. The molecule has 1 aliphatic rings. The van der Waals surface area contributed by atoms with Crippen molar-refractivity contribution in [3.8, 4) is 0 Å². The monoisotopic (exact) mass is 236 g/mol. The van der Waals surface area contributed by atoms with E-state index in [4.69, 9.17) is 5.11 Å². The Morgan fingerprint density at radius 3 is 2.62 bits per heavy atom. The van der Waals surface area contributed by atoms with Gasteiger partial charge in [-0.3, -0.25) is 4.79 Å². The fraction of sp³-hybridized carbons (Fsp3) is 0.462. The van der Waals surface area contributed by atoms with Crippen molar-refractivity contribution in [2.45, 2.75) is 36.0 Å². The maximum Gasteiger partial charge on any atom is 0.304 e. The molecule has 0 heterocycles.